The molecule has 1 aliphatic rings. The van der Waals surface area contributed by atoms with Crippen molar-refractivity contribution in [1.29, 1.82) is 0 Å². The molecule has 0 atom stereocenters. The summed E-state index contributed by atoms with van der Waals surface area (Å²) in [5, 5.41) is 9.12. The third-order valence-electron chi connectivity index (χ3n) is 4.36. The van der Waals surface area contributed by atoms with Gasteiger partial charge in [0.1, 0.15) is 5.69 Å². The molecule has 3 aromatic rings. The summed E-state index contributed by atoms with van der Waals surface area (Å²) in [5.74, 6) is 0. The second-order valence-electron chi connectivity index (χ2n) is 5.79. The molecule has 0 saturated heterocycles. The molecule has 2 aromatic carbocycles. The van der Waals surface area contributed by atoms with Crippen molar-refractivity contribution in [2.75, 3.05) is 0 Å². The lowest BCUT2D eigenvalue weighted by Crippen LogP contribution is -2.10. The molecular formula is C20H18N2. The van der Waals surface area contributed by atoms with Crippen molar-refractivity contribution in [3.63, 3.8) is 0 Å². The van der Waals surface area contributed by atoms with Crippen molar-refractivity contribution < 1.29 is 0 Å². The highest BCUT2D eigenvalue weighted by molar-refractivity contribution is 5.83. The summed E-state index contributed by atoms with van der Waals surface area (Å²) in [6, 6.07) is 21.0. The van der Waals surface area contributed by atoms with Gasteiger partial charge in [-0.05, 0) is 36.8 Å². The molecule has 4 rings (SSSR count). The van der Waals surface area contributed by atoms with E-state index in [0.717, 1.165) is 24.1 Å². The number of aryl methyl sites for hydroxylation is 1. The second-order valence-corrected chi connectivity index (χ2v) is 5.79. The van der Waals surface area contributed by atoms with E-state index in [1.807, 2.05) is 6.07 Å². The molecule has 2 nitrogen and oxygen atoms in total. The third-order valence-corrected chi connectivity index (χ3v) is 4.36. The predicted octanol–water partition coefficient (Wildman–Crippen LogP) is 4.69. The van der Waals surface area contributed by atoms with E-state index in [1.165, 1.54) is 35.2 Å². The zero-order chi connectivity index (χ0) is 14.8. The van der Waals surface area contributed by atoms with Gasteiger partial charge >= 0.3 is 0 Å². The molecule has 1 aromatic heterocycles. The van der Waals surface area contributed by atoms with Gasteiger partial charge in [0.2, 0.25) is 0 Å². The molecule has 0 aliphatic heterocycles. The van der Waals surface area contributed by atoms with Crippen LogP contribution in [0.2, 0.25) is 0 Å². The standard InChI is InChI=1S/C20H18N2/c1-3-9-15(10-4-1)19-17-13-7-8-14-18(17)21-22-20(19)16-11-5-2-6-12-16/h1-6,9-12H,7-8,13-14H2. The Bertz CT molecular complexity index is 780. The third kappa shape index (κ3) is 2.31. The minimum absolute atomic E-state index is 1.01. The topological polar surface area (TPSA) is 25.8 Å². The van der Waals surface area contributed by atoms with Gasteiger partial charge in [0, 0.05) is 11.1 Å². The Kier molecular flexibility index (Phi) is 3.43. The molecule has 1 aliphatic carbocycles. The summed E-state index contributed by atoms with van der Waals surface area (Å²) < 4.78 is 0. The van der Waals surface area contributed by atoms with Gasteiger partial charge in [-0.1, -0.05) is 60.7 Å². The van der Waals surface area contributed by atoms with Crippen molar-refractivity contribution in [1.82, 2.24) is 10.2 Å². The number of hydrogen-bond donors (Lipinski definition) is 0. The van der Waals surface area contributed by atoms with Crippen molar-refractivity contribution in [2.24, 2.45) is 0 Å². The van der Waals surface area contributed by atoms with Crippen LogP contribution in [-0.2, 0) is 12.8 Å². The maximum absolute atomic E-state index is 4.59. The Morgan fingerprint density at radius 1 is 0.636 bits per heavy atom. The summed E-state index contributed by atoms with van der Waals surface area (Å²) >= 11 is 0. The molecule has 0 fully saturated rings. The second kappa shape index (κ2) is 5.72. The van der Waals surface area contributed by atoms with Crippen LogP contribution in [0.4, 0.5) is 0 Å². The van der Waals surface area contributed by atoms with E-state index in [2.05, 4.69) is 64.8 Å². The van der Waals surface area contributed by atoms with E-state index in [1.54, 1.807) is 0 Å². The predicted molar refractivity (Wildman–Crippen MR) is 89.5 cm³/mol. The summed E-state index contributed by atoms with van der Waals surface area (Å²) in [5.41, 5.74) is 7.25. The van der Waals surface area contributed by atoms with Crippen LogP contribution in [0, 0.1) is 0 Å². The van der Waals surface area contributed by atoms with Crippen LogP contribution in [0.15, 0.2) is 60.7 Å². The van der Waals surface area contributed by atoms with Gasteiger partial charge in [-0.25, -0.2) is 0 Å². The van der Waals surface area contributed by atoms with Gasteiger partial charge in [-0.2, -0.15) is 5.10 Å². The number of rotatable bonds is 2. The average molecular weight is 286 g/mol. The smallest absolute Gasteiger partial charge is 0.101 e. The van der Waals surface area contributed by atoms with Crippen molar-refractivity contribution >= 4 is 0 Å². The Labute approximate surface area is 130 Å². The monoisotopic (exact) mass is 286 g/mol. The highest BCUT2D eigenvalue weighted by Crippen LogP contribution is 2.36. The molecule has 22 heavy (non-hydrogen) atoms. The van der Waals surface area contributed by atoms with Crippen molar-refractivity contribution in [3.05, 3.63) is 71.9 Å². The largest absolute Gasteiger partial charge is 0.155 e. The van der Waals surface area contributed by atoms with Crippen LogP contribution in [0.25, 0.3) is 22.4 Å². The Hall–Kier alpha value is -2.48. The lowest BCUT2D eigenvalue weighted by atomic mass is 9.87. The van der Waals surface area contributed by atoms with E-state index in [4.69, 9.17) is 0 Å². The van der Waals surface area contributed by atoms with E-state index in [-0.39, 0.29) is 0 Å². The van der Waals surface area contributed by atoms with Gasteiger partial charge in [0.15, 0.2) is 0 Å². The molecule has 0 N–H and O–H groups in total. The van der Waals surface area contributed by atoms with Crippen LogP contribution in [-0.4, -0.2) is 10.2 Å². The summed E-state index contributed by atoms with van der Waals surface area (Å²) in [7, 11) is 0. The zero-order valence-corrected chi connectivity index (χ0v) is 12.5. The summed E-state index contributed by atoms with van der Waals surface area (Å²) in [6.07, 6.45) is 4.62. The Morgan fingerprint density at radius 3 is 2.00 bits per heavy atom. The number of aromatic nitrogens is 2. The van der Waals surface area contributed by atoms with Crippen LogP contribution >= 0.6 is 0 Å². The first kappa shape index (κ1) is 13.2. The normalized spacial score (nSPS) is 13.6. The molecule has 0 saturated carbocycles. The van der Waals surface area contributed by atoms with Gasteiger partial charge in [-0.15, -0.1) is 5.10 Å². The zero-order valence-electron chi connectivity index (χ0n) is 12.5. The fraction of sp³-hybridized carbons (Fsp3) is 0.200. The molecule has 1 heterocycles. The molecular weight excluding hydrogens is 268 g/mol. The van der Waals surface area contributed by atoms with Crippen LogP contribution in [0.5, 0.6) is 0 Å². The molecule has 0 spiro atoms. The van der Waals surface area contributed by atoms with E-state index >= 15 is 0 Å². The molecule has 0 radical (unpaired) electrons. The van der Waals surface area contributed by atoms with Crippen molar-refractivity contribution in [3.8, 4) is 22.4 Å². The van der Waals surface area contributed by atoms with Crippen molar-refractivity contribution in [2.45, 2.75) is 25.7 Å². The SMILES string of the molecule is c1ccc(-c2nnc3c(c2-c2ccccc2)CCCC3)cc1. The lowest BCUT2D eigenvalue weighted by Gasteiger charge is -2.20. The molecule has 108 valence electrons. The Balaban J connectivity index is 1.99. The highest BCUT2D eigenvalue weighted by Gasteiger charge is 2.20. The van der Waals surface area contributed by atoms with Gasteiger partial charge in [0.25, 0.3) is 0 Å². The molecule has 2 heteroatoms. The summed E-state index contributed by atoms with van der Waals surface area (Å²) in [4.78, 5) is 0. The maximum Gasteiger partial charge on any atom is 0.101 e. The number of fused-ring (bicyclic) bond motifs is 1. The van der Waals surface area contributed by atoms with Crippen LogP contribution < -0.4 is 0 Å². The minimum Gasteiger partial charge on any atom is -0.155 e. The van der Waals surface area contributed by atoms with E-state index in [0.29, 0.717) is 0 Å². The van der Waals surface area contributed by atoms with Crippen LogP contribution in [0.1, 0.15) is 24.1 Å². The van der Waals surface area contributed by atoms with E-state index < -0.39 is 0 Å². The first-order chi connectivity index (χ1) is 10.9. The molecule has 0 amide bonds. The fourth-order valence-electron chi connectivity index (χ4n) is 3.29. The number of hydrogen-bond acceptors (Lipinski definition) is 2. The highest BCUT2D eigenvalue weighted by atomic mass is 15.1. The molecule has 0 bridgehead atoms. The van der Waals surface area contributed by atoms with E-state index in [9.17, 15) is 0 Å². The number of benzene rings is 2. The fourth-order valence-corrected chi connectivity index (χ4v) is 3.29. The van der Waals surface area contributed by atoms with Gasteiger partial charge < -0.3 is 0 Å². The first-order valence-corrected chi connectivity index (χ1v) is 7.93. The minimum atomic E-state index is 1.01. The quantitative estimate of drug-likeness (QED) is 0.683. The first-order valence-electron chi connectivity index (χ1n) is 7.93. The number of nitrogens with zero attached hydrogens (tertiary/aromatic N) is 2. The maximum atomic E-state index is 4.59. The molecule has 0 unspecified atom stereocenters. The average Bonchev–Trinajstić information content (AvgIpc) is 2.62. The van der Waals surface area contributed by atoms with Crippen LogP contribution in [0.3, 0.4) is 0 Å². The summed E-state index contributed by atoms with van der Waals surface area (Å²) in [6.45, 7) is 0. The lowest BCUT2D eigenvalue weighted by molar-refractivity contribution is 0.657. The van der Waals surface area contributed by atoms with Gasteiger partial charge in [-0.3, -0.25) is 0 Å². The van der Waals surface area contributed by atoms with Gasteiger partial charge in [0.05, 0.1) is 5.69 Å². The Morgan fingerprint density at radius 2 is 1.27 bits per heavy atom.